The van der Waals surface area contributed by atoms with E-state index in [1.54, 1.807) is 12.1 Å². The molecule has 11 heteroatoms. The molecular formula is C22H19ClF2N4O4. The second-order valence-electron chi connectivity index (χ2n) is 6.97. The summed E-state index contributed by atoms with van der Waals surface area (Å²) in [6.07, 6.45) is 0. The van der Waals surface area contributed by atoms with Crippen LogP contribution in [0.3, 0.4) is 0 Å². The fourth-order valence-corrected chi connectivity index (χ4v) is 3.46. The average molecular weight is 477 g/mol. The molecule has 0 saturated carbocycles. The van der Waals surface area contributed by atoms with Gasteiger partial charge < -0.3 is 25.3 Å². The number of nitrogens with two attached hydrogens (primary N) is 1. The molecule has 2 aromatic heterocycles. The molecule has 4 aromatic rings. The number of aromatic amines is 1. The summed E-state index contributed by atoms with van der Waals surface area (Å²) >= 11 is 6.33. The number of aliphatic hydroxyl groups excluding tert-OH is 1. The lowest BCUT2D eigenvalue weighted by molar-refractivity contribution is 0.273. The molecule has 0 fully saturated rings. The summed E-state index contributed by atoms with van der Waals surface area (Å²) in [6.45, 7) is -0.332. The molecule has 0 saturated heterocycles. The third-order valence-corrected chi connectivity index (χ3v) is 5.14. The third kappa shape index (κ3) is 4.54. The molecular weight excluding hydrogens is 458 g/mol. The number of rotatable bonds is 8. The lowest BCUT2D eigenvalue weighted by Gasteiger charge is -2.14. The molecule has 0 radical (unpaired) electrons. The van der Waals surface area contributed by atoms with Gasteiger partial charge in [-0.15, -0.1) is 0 Å². The summed E-state index contributed by atoms with van der Waals surface area (Å²) in [5, 5.41) is 9.61. The molecule has 2 aromatic carbocycles. The summed E-state index contributed by atoms with van der Waals surface area (Å²) in [5.41, 5.74) is 6.14. The van der Waals surface area contributed by atoms with Gasteiger partial charge in [-0.3, -0.25) is 0 Å². The molecule has 0 amide bonds. The maximum absolute atomic E-state index is 14.4. The summed E-state index contributed by atoms with van der Waals surface area (Å²) in [5.74, 6) is -1.78. The van der Waals surface area contributed by atoms with Crippen LogP contribution in [0.1, 0.15) is 11.3 Å². The smallest absolute Gasteiger partial charge is 0.332 e. The predicted octanol–water partition coefficient (Wildman–Crippen LogP) is 3.05. The predicted molar refractivity (Wildman–Crippen MR) is 118 cm³/mol. The van der Waals surface area contributed by atoms with Gasteiger partial charge in [-0.1, -0.05) is 11.6 Å². The molecule has 4 rings (SSSR count). The van der Waals surface area contributed by atoms with Crippen molar-refractivity contribution in [2.24, 2.45) is 5.73 Å². The Kier molecular flexibility index (Phi) is 6.59. The first-order valence-corrected chi connectivity index (χ1v) is 10.2. The van der Waals surface area contributed by atoms with Gasteiger partial charge in [0, 0.05) is 12.6 Å². The Bertz CT molecular complexity index is 1370. The highest BCUT2D eigenvalue weighted by atomic mass is 35.5. The van der Waals surface area contributed by atoms with E-state index in [1.807, 2.05) is 0 Å². The number of fused-ring (bicyclic) bond motifs is 1. The van der Waals surface area contributed by atoms with Gasteiger partial charge in [0.25, 0.3) is 0 Å². The molecule has 0 atom stereocenters. The van der Waals surface area contributed by atoms with Crippen LogP contribution in [0, 0.1) is 11.6 Å². The van der Waals surface area contributed by atoms with E-state index >= 15 is 0 Å². The number of nitrogens with one attached hydrogen (secondary N) is 1. The first kappa shape index (κ1) is 22.7. The minimum absolute atomic E-state index is 0.113. The van der Waals surface area contributed by atoms with Crippen LogP contribution < -0.4 is 20.9 Å². The van der Waals surface area contributed by atoms with E-state index in [0.29, 0.717) is 11.2 Å². The molecule has 8 nitrogen and oxygen atoms in total. The molecule has 0 spiro atoms. The van der Waals surface area contributed by atoms with Crippen LogP contribution in [0.4, 0.5) is 8.78 Å². The number of H-pyrrole nitrogens is 1. The summed E-state index contributed by atoms with van der Waals surface area (Å²) in [7, 11) is 0. The monoisotopic (exact) mass is 476 g/mol. The Morgan fingerprint density at radius 3 is 2.73 bits per heavy atom. The van der Waals surface area contributed by atoms with Gasteiger partial charge in [0.2, 0.25) is 0 Å². The Balaban J connectivity index is 1.69. The first-order chi connectivity index (χ1) is 15.9. The Labute approximate surface area is 191 Å². The molecule has 0 unspecified atom stereocenters. The quantitative estimate of drug-likeness (QED) is 0.360. The Hall–Kier alpha value is -3.47. The van der Waals surface area contributed by atoms with Gasteiger partial charge in [-0.05, 0) is 36.4 Å². The van der Waals surface area contributed by atoms with Crippen LogP contribution in [0.25, 0.3) is 16.9 Å². The number of hydrogen-bond donors (Lipinski definition) is 3. The number of aromatic nitrogens is 3. The van der Waals surface area contributed by atoms with Crippen molar-refractivity contribution in [3.05, 3.63) is 80.9 Å². The summed E-state index contributed by atoms with van der Waals surface area (Å²) in [6, 6.07) is 9.97. The normalized spacial score (nSPS) is 11.2. The van der Waals surface area contributed by atoms with Crippen molar-refractivity contribution in [3.8, 4) is 17.2 Å². The zero-order valence-electron chi connectivity index (χ0n) is 17.1. The van der Waals surface area contributed by atoms with Crippen molar-refractivity contribution >= 4 is 22.8 Å². The zero-order chi connectivity index (χ0) is 23.5. The lowest BCUT2D eigenvalue weighted by Crippen LogP contribution is -2.16. The maximum atomic E-state index is 14.4. The second kappa shape index (κ2) is 9.57. The number of benzene rings is 2. The van der Waals surface area contributed by atoms with E-state index in [9.17, 15) is 18.7 Å². The van der Waals surface area contributed by atoms with Crippen LogP contribution in [-0.2, 0) is 13.2 Å². The molecule has 4 N–H and O–H groups in total. The fourth-order valence-electron chi connectivity index (χ4n) is 3.26. The van der Waals surface area contributed by atoms with Crippen molar-refractivity contribution < 1.29 is 23.4 Å². The van der Waals surface area contributed by atoms with E-state index in [4.69, 9.17) is 26.8 Å². The Morgan fingerprint density at radius 2 is 1.97 bits per heavy atom. The van der Waals surface area contributed by atoms with Crippen molar-refractivity contribution in [3.63, 3.8) is 0 Å². The van der Waals surface area contributed by atoms with Gasteiger partial charge in [0.1, 0.15) is 24.7 Å². The highest BCUT2D eigenvalue weighted by Crippen LogP contribution is 2.29. The lowest BCUT2D eigenvalue weighted by atomic mass is 10.2. The van der Waals surface area contributed by atoms with Crippen LogP contribution >= 0.6 is 11.6 Å². The van der Waals surface area contributed by atoms with E-state index in [0.717, 1.165) is 6.07 Å². The highest BCUT2D eigenvalue weighted by Gasteiger charge is 2.18. The van der Waals surface area contributed by atoms with Crippen molar-refractivity contribution in [1.29, 1.82) is 0 Å². The molecule has 33 heavy (non-hydrogen) atoms. The number of hydrogen-bond acceptors (Lipinski definition) is 6. The number of ether oxygens (including phenoxy) is 2. The molecule has 0 aliphatic carbocycles. The molecule has 0 bridgehead atoms. The number of halogens is 3. The zero-order valence-corrected chi connectivity index (χ0v) is 17.9. The average Bonchev–Trinajstić information content (AvgIpc) is 3.14. The van der Waals surface area contributed by atoms with Gasteiger partial charge in [-0.25, -0.2) is 23.1 Å². The number of pyridine rings is 1. The van der Waals surface area contributed by atoms with Crippen molar-refractivity contribution in [1.82, 2.24) is 14.5 Å². The molecule has 2 heterocycles. The summed E-state index contributed by atoms with van der Waals surface area (Å²) < 4.78 is 40.5. The SMILES string of the molecule is NCCOc1ccc(F)c(F)c1COc1ccc(Cl)c(-n2c(=O)[nH]c3ccc(CO)nc32)c1. The van der Waals surface area contributed by atoms with E-state index in [-0.39, 0.29) is 59.8 Å². The van der Waals surface area contributed by atoms with Crippen LogP contribution in [-0.4, -0.2) is 32.8 Å². The van der Waals surface area contributed by atoms with Crippen LogP contribution in [0.5, 0.6) is 11.5 Å². The van der Waals surface area contributed by atoms with Gasteiger partial charge >= 0.3 is 5.69 Å². The second-order valence-corrected chi connectivity index (χ2v) is 7.38. The molecule has 0 aliphatic heterocycles. The first-order valence-electron chi connectivity index (χ1n) is 9.87. The van der Waals surface area contributed by atoms with Crippen molar-refractivity contribution in [2.75, 3.05) is 13.2 Å². The standard InChI is InChI=1S/C22H19ClF2N4O4/c23-15-3-2-13(33-11-14-19(32-8-7-26)6-4-16(24)20(14)25)9-18(15)29-21-17(28-22(29)31)5-1-12(10-30)27-21/h1-6,9,30H,7-8,10-11,26H2,(H,28,31). The maximum Gasteiger partial charge on any atom is 0.332 e. The number of imidazole rings is 1. The number of nitrogens with zero attached hydrogens (tertiary/aromatic N) is 2. The summed E-state index contributed by atoms with van der Waals surface area (Å²) in [4.78, 5) is 19.5. The third-order valence-electron chi connectivity index (χ3n) is 4.82. The molecule has 0 aliphatic rings. The minimum Gasteiger partial charge on any atom is -0.492 e. The fraction of sp³-hybridized carbons (Fsp3) is 0.182. The van der Waals surface area contributed by atoms with Gasteiger partial charge in [0.15, 0.2) is 17.3 Å². The highest BCUT2D eigenvalue weighted by molar-refractivity contribution is 6.32. The van der Waals surface area contributed by atoms with Crippen LogP contribution in [0.15, 0.2) is 47.3 Å². The largest absolute Gasteiger partial charge is 0.492 e. The number of aliphatic hydroxyl groups is 1. The van der Waals surface area contributed by atoms with E-state index < -0.39 is 17.3 Å². The molecule has 172 valence electrons. The minimum atomic E-state index is -1.09. The topological polar surface area (TPSA) is 115 Å². The van der Waals surface area contributed by atoms with Crippen LogP contribution in [0.2, 0.25) is 5.02 Å². The van der Waals surface area contributed by atoms with Gasteiger partial charge in [-0.2, -0.15) is 0 Å². The van der Waals surface area contributed by atoms with E-state index in [2.05, 4.69) is 9.97 Å². The van der Waals surface area contributed by atoms with E-state index in [1.165, 1.54) is 28.8 Å². The Morgan fingerprint density at radius 1 is 1.15 bits per heavy atom. The van der Waals surface area contributed by atoms with Gasteiger partial charge in [0.05, 0.1) is 34.1 Å². The van der Waals surface area contributed by atoms with Crippen molar-refractivity contribution in [2.45, 2.75) is 13.2 Å².